The van der Waals surface area contributed by atoms with Crippen LogP contribution in [0.25, 0.3) is 0 Å². The maximum absolute atomic E-state index is 15.0. The highest BCUT2D eigenvalue weighted by Gasteiger charge is 2.39. The number of nitrogens with zero attached hydrogens (tertiary/aromatic N) is 3. The molecule has 0 aliphatic carbocycles. The lowest BCUT2D eigenvalue weighted by Gasteiger charge is -2.40. The summed E-state index contributed by atoms with van der Waals surface area (Å²) in [5.74, 6) is -2.99. The third-order valence-electron chi connectivity index (χ3n) is 13.6. The number of halogens is 1. The van der Waals surface area contributed by atoms with Crippen molar-refractivity contribution in [2.45, 2.75) is 188 Å². The fraction of sp³-hybridized carbons (Fsp3) is 0.630. The molecule has 18 heteroatoms. The highest BCUT2D eigenvalue weighted by molar-refractivity contribution is 7.90. The average Bonchev–Trinajstić information content (AvgIpc) is 3.83. The quantitative estimate of drug-likeness (QED) is 0.0402. The van der Waals surface area contributed by atoms with Crippen LogP contribution < -0.4 is 20.7 Å². The van der Waals surface area contributed by atoms with E-state index in [0.29, 0.717) is 30.1 Å². The zero-order valence-corrected chi connectivity index (χ0v) is 46.1. The number of amides is 4. The minimum Gasteiger partial charge on any atom is -0.455 e. The molecule has 1 saturated heterocycles. The van der Waals surface area contributed by atoms with Gasteiger partial charge in [0, 0.05) is 55.4 Å². The Balaban J connectivity index is 1.60. The highest BCUT2D eigenvalue weighted by atomic mass is 32.2. The van der Waals surface area contributed by atoms with Gasteiger partial charge < -0.3 is 25.6 Å². The van der Waals surface area contributed by atoms with Crippen molar-refractivity contribution < 1.29 is 41.5 Å². The van der Waals surface area contributed by atoms with E-state index in [1.54, 1.807) is 43.5 Å². The zero-order chi connectivity index (χ0) is 53.3. The molecule has 6 atom stereocenters. The molecule has 400 valence electrons. The zero-order valence-electron chi connectivity index (χ0n) is 44.5. The average molecular weight is 1040 g/mol. The van der Waals surface area contributed by atoms with Crippen molar-refractivity contribution in [1.82, 2.24) is 35.5 Å². The second kappa shape index (κ2) is 28.0. The number of nitrogens with one attached hydrogen (secondary N) is 4. The SMILES string of the molecule is CCCCCCN(C(=O)[C@@H](NC(=O)[C@H]1CCCCN1C)[C@@H](C)CC)[C@H](C[C@@H](OC(C)=O)c1nc(C(=O)N[C@@H](Cc2ccc(F)cc2)CC(C)(C)C(=O)NS(=O)(=O)c2ccc(CNC(C)C)cc2)cs1)C(C)C. The van der Waals surface area contributed by atoms with Gasteiger partial charge in [0.25, 0.3) is 15.9 Å². The Labute approximate surface area is 432 Å². The second-order valence-electron chi connectivity index (χ2n) is 20.9. The summed E-state index contributed by atoms with van der Waals surface area (Å²) in [6, 6.07) is 9.95. The molecule has 0 unspecified atom stereocenters. The number of thiazole rings is 1. The molecule has 15 nitrogen and oxygen atoms in total. The summed E-state index contributed by atoms with van der Waals surface area (Å²) in [7, 11) is -2.31. The normalized spacial score (nSPS) is 16.6. The minimum absolute atomic E-state index is 0.0159. The summed E-state index contributed by atoms with van der Waals surface area (Å²) in [5, 5.41) is 11.3. The van der Waals surface area contributed by atoms with E-state index in [9.17, 15) is 32.0 Å². The van der Waals surface area contributed by atoms with Crippen LogP contribution in [-0.2, 0) is 46.9 Å². The summed E-state index contributed by atoms with van der Waals surface area (Å²) in [6.07, 6.45) is 6.40. The molecule has 2 aromatic carbocycles. The Morgan fingerprint density at radius 2 is 1.60 bits per heavy atom. The van der Waals surface area contributed by atoms with Gasteiger partial charge in [0.2, 0.25) is 17.7 Å². The van der Waals surface area contributed by atoms with Crippen molar-refractivity contribution in [2.24, 2.45) is 17.3 Å². The van der Waals surface area contributed by atoms with Gasteiger partial charge in [0.05, 0.1) is 10.9 Å². The van der Waals surface area contributed by atoms with Gasteiger partial charge in [0.15, 0.2) is 6.10 Å². The van der Waals surface area contributed by atoms with Crippen molar-refractivity contribution in [3.05, 3.63) is 81.6 Å². The molecular formula is C54H82FN7O8S2. The van der Waals surface area contributed by atoms with Gasteiger partial charge >= 0.3 is 5.97 Å². The predicted octanol–water partition coefficient (Wildman–Crippen LogP) is 8.49. The molecule has 0 saturated carbocycles. The van der Waals surface area contributed by atoms with E-state index in [2.05, 4.69) is 32.5 Å². The molecule has 0 radical (unpaired) electrons. The van der Waals surface area contributed by atoms with E-state index in [1.165, 1.54) is 31.2 Å². The number of benzene rings is 2. The monoisotopic (exact) mass is 1040 g/mol. The van der Waals surface area contributed by atoms with Gasteiger partial charge in [-0.25, -0.2) is 22.5 Å². The van der Waals surface area contributed by atoms with Crippen molar-refractivity contribution in [3.8, 4) is 0 Å². The van der Waals surface area contributed by atoms with Crippen LogP contribution in [0.15, 0.2) is 58.8 Å². The number of likely N-dealkylation sites (tertiary alicyclic amines) is 1. The van der Waals surface area contributed by atoms with Crippen LogP contribution in [0.2, 0.25) is 0 Å². The summed E-state index contributed by atoms with van der Waals surface area (Å²) < 4.78 is 49.1. The van der Waals surface area contributed by atoms with Crippen LogP contribution in [0.1, 0.15) is 166 Å². The van der Waals surface area contributed by atoms with Crippen LogP contribution in [0.4, 0.5) is 4.39 Å². The molecule has 1 fully saturated rings. The van der Waals surface area contributed by atoms with E-state index >= 15 is 4.79 Å². The smallest absolute Gasteiger partial charge is 0.303 e. The van der Waals surface area contributed by atoms with Gasteiger partial charge in [-0.05, 0) is 92.9 Å². The van der Waals surface area contributed by atoms with Crippen LogP contribution in [0.5, 0.6) is 0 Å². The van der Waals surface area contributed by atoms with Crippen molar-refractivity contribution in [2.75, 3.05) is 20.1 Å². The standard InChI is InChI=1S/C54H82FN7O8S2/c1-12-14-15-17-29-62(52(66)48(37(7)13-2)59-50(65)45-19-16-18-28-61(45)11)46(35(3)4)31-47(70-38(8)63)51-58-44(34-71-51)49(64)57-42(30-39-20-24-41(55)25-21-39)32-54(9,10)53(67)60-72(68,69)43-26-22-40(23-27-43)33-56-36(5)6/h20-27,34-37,42,45-48,56H,12-19,28-33H2,1-11H3,(H,57,64)(H,59,65)(H,60,67)/t37-,42-,45+,46+,47+,48-/m0/s1. The van der Waals surface area contributed by atoms with Crippen molar-refractivity contribution in [1.29, 1.82) is 0 Å². The van der Waals surface area contributed by atoms with E-state index < -0.39 is 63.3 Å². The third kappa shape index (κ3) is 18.0. The first kappa shape index (κ1) is 59.8. The number of sulfonamides is 1. The lowest BCUT2D eigenvalue weighted by molar-refractivity contribution is -0.149. The Bertz CT molecular complexity index is 2340. The molecule has 1 aromatic heterocycles. The van der Waals surface area contributed by atoms with Crippen LogP contribution in [0.3, 0.4) is 0 Å². The largest absolute Gasteiger partial charge is 0.455 e. The van der Waals surface area contributed by atoms with Gasteiger partial charge in [-0.1, -0.05) is 119 Å². The Kier molecular flexibility index (Phi) is 23.3. The minimum atomic E-state index is -4.26. The molecular weight excluding hydrogens is 958 g/mol. The molecule has 0 spiro atoms. The van der Waals surface area contributed by atoms with Crippen LogP contribution in [0, 0.1) is 23.1 Å². The summed E-state index contributed by atoms with van der Waals surface area (Å²) in [6.45, 7) is 20.4. The highest BCUT2D eigenvalue weighted by Crippen LogP contribution is 2.33. The number of rotatable bonds is 28. The molecule has 3 aromatic rings. The Morgan fingerprint density at radius 3 is 2.19 bits per heavy atom. The molecule has 4 N–H and O–H groups in total. The number of hydrogen-bond donors (Lipinski definition) is 4. The number of carbonyl (C=O) groups is 5. The number of unbranched alkanes of at least 4 members (excludes halogenated alkanes) is 3. The first-order valence-corrected chi connectivity index (χ1v) is 28.2. The van der Waals surface area contributed by atoms with Crippen LogP contribution in [-0.4, -0.2) is 103 Å². The van der Waals surface area contributed by atoms with Gasteiger partial charge in [-0.2, -0.15) is 0 Å². The molecule has 72 heavy (non-hydrogen) atoms. The summed E-state index contributed by atoms with van der Waals surface area (Å²) >= 11 is 1.13. The second-order valence-corrected chi connectivity index (χ2v) is 23.4. The third-order valence-corrected chi connectivity index (χ3v) is 15.9. The topological polar surface area (TPSA) is 196 Å². The molecule has 1 aliphatic rings. The predicted molar refractivity (Wildman–Crippen MR) is 281 cm³/mol. The molecule has 1 aliphatic heterocycles. The lowest BCUT2D eigenvalue weighted by atomic mass is 9.83. The van der Waals surface area contributed by atoms with E-state index in [1.807, 2.05) is 53.5 Å². The summed E-state index contributed by atoms with van der Waals surface area (Å²) in [5.41, 5.74) is 0.227. The first-order chi connectivity index (χ1) is 34.0. The Morgan fingerprint density at radius 1 is 0.931 bits per heavy atom. The molecule has 0 bridgehead atoms. The lowest BCUT2D eigenvalue weighted by Crippen LogP contribution is -2.59. The molecule has 2 heterocycles. The van der Waals surface area contributed by atoms with Gasteiger partial charge in [-0.15, -0.1) is 11.3 Å². The Hall–Kier alpha value is -4.78. The van der Waals surface area contributed by atoms with E-state index in [4.69, 9.17) is 9.72 Å². The van der Waals surface area contributed by atoms with E-state index in [0.717, 1.165) is 68.4 Å². The summed E-state index contributed by atoms with van der Waals surface area (Å²) in [4.78, 5) is 78.2. The van der Waals surface area contributed by atoms with Crippen LogP contribution >= 0.6 is 11.3 Å². The number of esters is 1. The number of aromatic nitrogens is 1. The fourth-order valence-corrected chi connectivity index (χ4v) is 11.0. The molecule has 4 amide bonds. The van der Waals surface area contributed by atoms with Crippen molar-refractivity contribution in [3.63, 3.8) is 0 Å². The molecule has 4 rings (SSSR count). The maximum atomic E-state index is 15.0. The van der Waals surface area contributed by atoms with Gasteiger partial charge in [-0.3, -0.25) is 28.9 Å². The van der Waals surface area contributed by atoms with Crippen molar-refractivity contribution >= 4 is 51.0 Å². The number of hydrogen-bond acceptors (Lipinski definition) is 12. The van der Waals surface area contributed by atoms with Gasteiger partial charge in [0.1, 0.15) is 22.6 Å². The van der Waals surface area contributed by atoms with E-state index in [-0.39, 0.29) is 65.6 Å². The number of likely N-dealkylation sites (N-methyl/N-ethyl adjacent to an activating group) is 1. The number of piperidine rings is 1. The first-order valence-electron chi connectivity index (χ1n) is 25.8. The maximum Gasteiger partial charge on any atom is 0.303 e. The number of carbonyl (C=O) groups excluding carboxylic acids is 5. The number of ether oxygens (including phenoxy) is 1. The fourth-order valence-electron chi connectivity index (χ4n) is 9.06.